The van der Waals surface area contributed by atoms with Crippen LogP contribution in [-0.4, -0.2) is 55.4 Å². The third kappa shape index (κ3) is 6.21. The fraction of sp³-hybridized carbons (Fsp3) is 0.741. The lowest BCUT2D eigenvalue weighted by molar-refractivity contribution is -0.138. The number of amides is 1. The number of benzene rings is 1. The molecule has 1 saturated carbocycles. The van der Waals surface area contributed by atoms with Gasteiger partial charge in [0, 0.05) is 30.6 Å². The number of nitrogens with one attached hydrogen (secondary N) is 1. The molecule has 1 amide bonds. The Labute approximate surface area is 200 Å². The highest BCUT2D eigenvalue weighted by molar-refractivity contribution is 5.78. The average molecular weight is 461 g/mol. The highest BCUT2D eigenvalue weighted by Crippen LogP contribution is 2.51. The van der Waals surface area contributed by atoms with Gasteiger partial charge >= 0.3 is 0 Å². The number of nitrogens with zero attached hydrogens (tertiary/aromatic N) is 1. The smallest absolute Gasteiger partial charge is 0.234 e. The van der Waals surface area contributed by atoms with Crippen LogP contribution in [-0.2, 0) is 4.79 Å². The molecule has 1 saturated heterocycles. The molecule has 1 heterocycles. The van der Waals surface area contributed by atoms with E-state index in [2.05, 4.69) is 24.1 Å². The Balaban J connectivity index is 1.82. The zero-order valence-corrected chi connectivity index (χ0v) is 21.1. The summed E-state index contributed by atoms with van der Waals surface area (Å²) in [4.78, 5) is 15.3. The van der Waals surface area contributed by atoms with E-state index in [4.69, 9.17) is 9.47 Å². The van der Waals surface area contributed by atoms with Crippen LogP contribution in [0.2, 0.25) is 0 Å². The molecular formula is C27H44N2O4. The molecule has 0 radical (unpaired) electrons. The van der Waals surface area contributed by atoms with Crippen LogP contribution in [0.1, 0.15) is 83.2 Å². The van der Waals surface area contributed by atoms with Gasteiger partial charge in [0.15, 0.2) is 0 Å². The lowest BCUT2D eigenvalue weighted by atomic mass is 9.66. The molecule has 0 spiro atoms. The number of hydrogen-bond donors (Lipinski definition) is 2. The van der Waals surface area contributed by atoms with E-state index in [1.807, 2.05) is 18.2 Å². The van der Waals surface area contributed by atoms with E-state index in [1.54, 1.807) is 14.2 Å². The number of unbranched alkanes of at least 4 members (excludes halogenated alkanes) is 1. The second-order valence-electron chi connectivity index (χ2n) is 9.95. The van der Waals surface area contributed by atoms with Crippen LogP contribution < -0.4 is 14.8 Å². The molecule has 2 aliphatic rings. The Morgan fingerprint density at radius 2 is 2.06 bits per heavy atom. The van der Waals surface area contributed by atoms with E-state index in [0.29, 0.717) is 25.4 Å². The van der Waals surface area contributed by atoms with Crippen LogP contribution in [0.15, 0.2) is 18.2 Å². The number of aliphatic hydroxyl groups is 1. The number of fused-ring (bicyclic) bond motifs is 1. The summed E-state index contributed by atoms with van der Waals surface area (Å²) >= 11 is 0. The van der Waals surface area contributed by atoms with Crippen molar-refractivity contribution in [2.24, 2.45) is 11.8 Å². The third-order valence-electron chi connectivity index (χ3n) is 7.90. The average Bonchev–Trinajstić information content (AvgIpc) is 2.83. The summed E-state index contributed by atoms with van der Waals surface area (Å²) in [6, 6.07) is 5.77. The van der Waals surface area contributed by atoms with Crippen LogP contribution in [0.4, 0.5) is 0 Å². The Morgan fingerprint density at radius 1 is 1.24 bits per heavy atom. The number of carbonyl (C=O) groups excluding carboxylic acids is 1. The molecule has 0 bridgehead atoms. The predicted molar refractivity (Wildman–Crippen MR) is 132 cm³/mol. The van der Waals surface area contributed by atoms with E-state index >= 15 is 0 Å². The second kappa shape index (κ2) is 12.1. The van der Waals surface area contributed by atoms with Crippen molar-refractivity contribution >= 4 is 5.91 Å². The summed E-state index contributed by atoms with van der Waals surface area (Å²) in [5, 5.41) is 14.8. The normalized spacial score (nSPS) is 26.3. The van der Waals surface area contributed by atoms with Crippen molar-refractivity contribution in [2.75, 3.05) is 33.9 Å². The number of likely N-dealkylation sites (tertiary alicyclic amines) is 1. The molecular weight excluding hydrogens is 416 g/mol. The van der Waals surface area contributed by atoms with Crippen molar-refractivity contribution in [3.05, 3.63) is 23.8 Å². The fourth-order valence-corrected chi connectivity index (χ4v) is 5.85. The van der Waals surface area contributed by atoms with E-state index < -0.39 is 5.60 Å². The third-order valence-corrected chi connectivity index (χ3v) is 7.90. The molecule has 0 unspecified atom stereocenters. The highest BCUT2D eigenvalue weighted by atomic mass is 16.5. The molecule has 4 atom stereocenters. The molecule has 1 aliphatic carbocycles. The maximum Gasteiger partial charge on any atom is 0.234 e. The summed E-state index contributed by atoms with van der Waals surface area (Å²) in [5.41, 5.74) is 0.321. The first-order valence-corrected chi connectivity index (χ1v) is 12.9. The summed E-state index contributed by atoms with van der Waals surface area (Å²) in [7, 11) is 3.34. The van der Waals surface area contributed by atoms with Gasteiger partial charge in [0.25, 0.3) is 0 Å². The van der Waals surface area contributed by atoms with Crippen LogP contribution in [0.3, 0.4) is 0 Å². The summed E-state index contributed by atoms with van der Waals surface area (Å²) in [6.07, 6.45) is 9.30. The van der Waals surface area contributed by atoms with Gasteiger partial charge in [0.1, 0.15) is 11.5 Å². The van der Waals surface area contributed by atoms with Gasteiger partial charge in [-0.05, 0) is 49.8 Å². The minimum absolute atomic E-state index is 0.0676. The standard InChI is InChI=1S/C27H44N2O4/c1-5-7-10-20(6-2)18-28-25(30)19-29-16-15-27(31)14-9-8-11-23(27)26(29)22-17-21(32-3)12-13-24(22)33-4/h12-13,17,20,23,26,31H,5-11,14-16,18-19H2,1-4H3,(H,28,30)/t20-,23+,26+,27+/m1/s1. The predicted octanol–water partition coefficient (Wildman–Crippen LogP) is 4.70. The molecule has 6 nitrogen and oxygen atoms in total. The Bertz CT molecular complexity index is 770. The fourth-order valence-electron chi connectivity index (χ4n) is 5.85. The summed E-state index contributed by atoms with van der Waals surface area (Å²) in [5.74, 6) is 2.22. The van der Waals surface area contributed by atoms with E-state index in [0.717, 1.165) is 62.1 Å². The molecule has 0 aromatic heterocycles. The Kier molecular flexibility index (Phi) is 9.45. The maximum absolute atomic E-state index is 13.0. The first-order chi connectivity index (χ1) is 16.0. The van der Waals surface area contributed by atoms with Crippen LogP contribution in [0.25, 0.3) is 0 Å². The van der Waals surface area contributed by atoms with Crippen molar-refractivity contribution in [2.45, 2.75) is 83.3 Å². The van der Waals surface area contributed by atoms with Crippen molar-refractivity contribution in [3.63, 3.8) is 0 Å². The van der Waals surface area contributed by atoms with E-state index in [1.165, 1.54) is 12.8 Å². The van der Waals surface area contributed by atoms with Crippen LogP contribution >= 0.6 is 0 Å². The number of rotatable bonds is 11. The number of methoxy groups -OCH3 is 2. The topological polar surface area (TPSA) is 71.0 Å². The molecule has 6 heteroatoms. The van der Waals surface area contributed by atoms with Gasteiger partial charge in [0.2, 0.25) is 5.91 Å². The largest absolute Gasteiger partial charge is 0.497 e. The monoisotopic (exact) mass is 460 g/mol. The van der Waals surface area contributed by atoms with Gasteiger partial charge in [-0.3, -0.25) is 9.69 Å². The van der Waals surface area contributed by atoms with Crippen molar-refractivity contribution in [1.29, 1.82) is 0 Å². The summed E-state index contributed by atoms with van der Waals surface area (Å²) in [6.45, 7) is 6.18. The van der Waals surface area contributed by atoms with E-state index in [9.17, 15) is 9.90 Å². The first-order valence-electron chi connectivity index (χ1n) is 12.9. The Hall–Kier alpha value is -1.79. The molecule has 1 aromatic rings. The van der Waals surface area contributed by atoms with E-state index in [-0.39, 0.29) is 17.9 Å². The molecule has 186 valence electrons. The van der Waals surface area contributed by atoms with Crippen LogP contribution in [0, 0.1) is 11.8 Å². The van der Waals surface area contributed by atoms with Gasteiger partial charge in [-0.25, -0.2) is 0 Å². The summed E-state index contributed by atoms with van der Waals surface area (Å²) < 4.78 is 11.2. The molecule has 33 heavy (non-hydrogen) atoms. The van der Waals surface area contributed by atoms with Crippen molar-refractivity contribution < 1.29 is 19.4 Å². The maximum atomic E-state index is 13.0. The molecule has 3 rings (SSSR count). The quantitative estimate of drug-likeness (QED) is 0.501. The Morgan fingerprint density at radius 3 is 2.76 bits per heavy atom. The van der Waals surface area contributed by atoms with Crippen LogP contribution in [0.5, 0.6) is 11.5 Å². The van der Waals surface area contributed by atoms with Crippen molar-refractivity contribution in [3.8, 4) is 11.5 Å². The number of carbonyl (C=O) groups is 1. The van der Waals surface area contributed by atoms with Gasteiger partial charge in [-0.2, -0.15) is 0 Å². The van der Waals surface area contributed by atoms with Gasteiger partial charge < -0.3 is 19.9 Å². The number of hydrogen-bond acceptors (Lipinski definition) is 5. The lowest BCUT2D eigenvalue weighted by Gasteiger charge is -2.52. The van der Waals surface area contributed by atoms with Gasteiger partial charge in [-0.15, -0.1) is 0 Å². The highest BCUT2D eigenvalue weighted by Gasteiger charge is 2.50. The lowest BCUT2D eigenvalue weighted by Crippen LogP contribution is -2.56. The molecule has 2 N–H and O–H groups in total. The molecule has 1 aromatic carbocycles. The van der Waals surface area contributed by atoms with Gasteiger partial charge in [0.05, 0.1) is 26.4 Å². The first kappa shape index (κ1) is 25.8. The minimum atomic E-state index is -0.683. The zero-order chi connectivity index (χ0) is 23.8. The second-order valence-corrected chi connectivity index (χ2v) is 9.95. The molecule has 2 fully saturated rings. The van der Waals surface area contributed by atoms with Crippen molar-refractivity contribution in [1.82, 2.24) is 10.2 Å². The minimum Gasteiger partial charge on any atom is -0.497 e. The molecule has 1 aliphatic heterocycles. The number of ether oxygens (including phenoxy) is 2. The zero-order valence-electron chi connectivity index (χ0n) is 21.1. The van der Waals surface area contributed by atoms with Gasteiger partial charge in [-0.1, -0.05) is 46.0 Å². The SMILES string of the molecule is CCCC[C@@H](CC)CNC(=O)CN1CC[C@@]2(O)CCCC[C@H]2[C@@H]1c1cc(OC)ccc1OC. The number of piperidine rings is 1.